The lowest BCUT2D eigenvalue weighted by molar-refractivity contribution is -0.112. The molecular formula is C13H28O2. The van der Waals surface area contributed by atoms with Gasteiger partial charge in [0.1, 0.15) is 0 Å². The van der Waals surface area contributed by atoms with Gasteiger partial charge in [-0.25, -0.2) is 0 Å². The minimum absolute atomic E-state index is 0.566. The van der Waals surface area contributed by atoms with E-state index in [1.807, 2.05) is 6.92 Å². The molecule has 1 N–H and O–H groups in total. The average molecular weight is 216 g/mol. The molecule has 0 fully saturated rings. The van der Waals surface area contributed by atoms with Crippen LogP contribution in [0.4, 0.5) is 0 Å². The Hall–Kier alpha value is -0.0800. The minimum Gasteiger partial charge on any atom is -0.368 e. The average Bonchev–Trinajstić information content (AvgIpc) is 2.21. The van der Waals surface area contributed by atoms with Crippen LogP contribution in [0.2, 0.25) is 0 Å². The van der Waals surface area contributed by atoms with E-state index in [4.69, 9.17) is 4.74 Å². The van der Waals surface area contributed by atoms with Crippen molar-refractivity contribution in [3.05, 3.63) is 0 Å². The van der Waals surface area contributed by atoms with Crippen molar-refractivity contribution in [2.45, 2.75) is 66.1 Å². The lowest BCUT2D eigenvalue weighted by Gasteiger charge is -2.19. The third-order valence-electron chi connectivity index (χ3n) is 2.72. The van der Waals surface area contributed by atoms with E-state index in [-0.39, 0.29) is 0 Å². The normalized spacial score (nSPS) is 15.6. The van der Waals surface area contributed by atoms with Crippen LogP contribution in [0.5, 0.6) is 0 Å². The molecule has 0 aliphatic rings. The Morgan fingerprint density at radius 3 is 2.20 bits per heavy atom. The highest BCUT2D eigenvalue weighted by Gasteiger charge is 2.11. The molecule has 0 heterocycles. The summed E-state index contributed by atoms with van der Waals surface area (Å²) >= 11 is 0. The van der Waals surface area contributed by atoms with Crippen molar-refractivity contribution >= 4 is 0 Å². The third kappa shape index (κ3) is 8.88. The van der Waals surface area contributed by atoms with Crippen LogP contribution in [-0.4, -0.2) is 18.0 Å². The molecule has 0 aromatic carbocycles. The maximum atomic E-state index is 9.33. The molecule has 0 aromatic heterocycles. The van der Waals surface area contributed by atoms with E-state index in [0.29, 0.717) is 12.3 Å². The quantitative estimate of drug-likeness (QED) is 0.597. The molecule has 0 aliphatic carbocycles. The minimum atomic E-state index is -0.566. The predicted octanol–water partition coefficient (Wildman–Crippen LogP) is 3.58. The first-order valence-electron chi connectivity index (χ1n) is 6.39. The Kier molecular flexibility index (Phi) is 9.12. The molecule has 2 atom stereocenters. The lowest BCUT2D eigenvalue weighted by Crippen LogP contribution is -2.17. The van der Waals surface area contributed by atoms with Crippen LogP contribution in [0.15, 0.2) is 0 Å². The van der Waals surface area contributed by atoms with Gasteiger partial charge < -0.3 is 9.84 Å². The second-order valence-corrected chi connectivity index (χ2v) is 4.82. The third-order valence-corrected chi connectivity index (χ3v) is 2.72. The Morgan fingerprint density at radius 2 is 1.73 bits per heavy atom. The summed E-state index contributed by atoms with van der Waals surface area (Å²) in [4.78, 5) is 0. The molecule has 0 radical (unpaired) electrons. The molecular weight excluding hydrogens is 188 g/mol. The molecule has 0 amide bonds. The molecule has 2 nitrogen and oxygen atoms in total. The van der Waals surface area contributed by atoms with Crippen LogP contribution < -0.4 is 0 Å². The summed E-state index contributed by atoms with van der Waals surface area (Å²) < 4.78 is 5.39. The number of ether oxygens (including phenoxy) is 1. The summed E-state index contributed by atoms with van der Waals surface area (Å²) in [5.74, 6) is 1.39. The monoisotopic (exact) mass is 216 g/mol. The zero-order valence-corrected chi connectivity index (χ0v) is 10.8. The van der Waals surface area contributed by atoms with Crippen LogP contribution in [0.1, 0.15) is 59.8 Å². The number of hydrogen-bond donors (Lipinski definition) is 1. The molecule has 0 spiro atoms. The highest BCUT2D eigenvalue weighted by molar-refractivity contribution is 4.60. The van der Waals surface area contributed by atoms with E-state index in [2.05, 4.69) is 20.8 Å². The molecule has 0 saturated carbocycles. The summed E-state index contributed by atoms with van der Waals surface area (Å²) in [6.45, 7) is 9.37. The van der Waals surface area contributed by atoms with Crippen molar-refractivity contribution in [2.75, 3.05) is 6.61 Å². The van der Waals surface area contributed by atoms with Gasteiger partial charge in [-0.2, -0.15) is 0 Å². The van der Waals surface area contributed by atoms with Crippen molar-refractivity contribution in [3.63, 3.8) is 0 Å². The van der Waals surface area contributed by atoms with Gasteiger partial charge in [0.2, 0.25) is 0 Å². The fourth-order valence-electron chi connectivity index (χ4n) is 1.65. The van der Waals surface area contributed by atoms with Gasteiger partial charge >= 0.3 is 0 Å². The predicted molar refractivity (Wildman–Crippen MR) is 64.7 cm³/mol. The van der Waals surface area contributed by atoms with Crippen molar-refractivity contribution in [2.24, 2.45) is 11.8 Å². The zero-order valence-electron chi connectivity index (χ0n) is 10.8. The van der Waals surface area contributed by atoms with E-state index in [9.17, 15) is 5.11 Å². The Bertz CT molecular complexity index is 134. The van der Waals surface area contributed by atoms with Crippen molar-refractivity contribution in [3.8, 4) is 0 Å². The number of aliphatic hydroxyl groups excluding tert-OH is 1. The fourth-order valence-corrected chi connectivity index (χ4v) is 1.65. The van der Waals surface area contributed by atoms with Gasteiger partial charge in [-0.05, 0) is 31.1 Å². The first-order chi connectivity index (χ1) is 7.10. The van der Waals surface area contributed by atoms with Gasteiger partial charge in [0.15, 0.2) is 6.29 Å². The van der Waals surface area contributed by atoms with Crippen LogP contribution in [0, 0.1) is 11.8 Å². The van der Waals surface area contributed by atoms with E-state index in [0.717, 1.165) is 12.5 Å². The van der Waals surface area contributed by atoms with Gasteiger partial charge in [0, 0.05) is 0 Å². The molecule has 0 aromatic rings. The lowest BCUT2D eigenvalue weighted by atomic mass is 9.95. The standard InChI is InChI=1S/C13H28O2/c1-5-7-12(9-8-11(3)4)10-15-13(14)6-2/h11-14H,5-10H2,1-4H3. The molecule has 15 heavy (non-hydrogen) atoms. The van der Waals surface area contributed by atoms with Gasteiger partial charge in [0.05, 0.1) is 6.61 Å². The first-order valence-corrected chi connectivity index (χ1v) is 6.39. The SMILES string of the molecule is CCCC(CCC(C)C)COC(O)CC. The highest BCUT2D eigenvalue weighted by atomic mass is 16.6. The molecule has 2 heteroatoms. The van der Waals surface area contributed by atoms with Gasteiger partial charge in [0.25, 0.3) is 0 Å². The van der Waals surface area contributed by atoms with E-state index < -0.39 is 6.29 Å². The van der Waals surface area contributed by atoms with Crippen LogP contribution >= 0.6 is 0 Å². The van der Waals surface area contributed by atoms with Crippen molar-refractivity contribution < 1.29 is 9.84 Å². The second kappa shape index (κ2) is 9.17. The van der Waals surface area contributed by atoms with E-state index in [1.165, 1.54) is 25.7 Å². The summed E-state index contributed by atoms with van der Waals surface area (Å²) in [5.41, 5.74) is 0. The topological polar surface area (TPSA) is 29.5 Å². The number of hydrogen-bond acceptors (Lipinski definition) is 2. The molecule has 0 rings (SSSR count). The zero-order chi connectivity index (χ0) is 11.7. The van der Waals surface area contributed by atoms with Crippen LogP contribution in [0.3, 0.4) is 0 Å². The second-order valence-electron chi connectivity index (χ2n) is 4.82. The number of aliphatic hydroxyl groups is 1. The molecule has 2 unspecified atom stereocenters. The highest BCUT2D eigenvalue weighted by Crippen LogP contribution is 2.18. The maximum Gasteiger partial charge on any atom is 0.154 e. The largest absolute Gasteiger partial charge is 0.368 e. The van der Waals surface area contributed by atoms with E-state index >= 15 is 0 Å². The summed E-state index contributed by atoms with van der Waals surface area (Å²) in [7, 11) is 0. The van der Waals surface area contributed by atoms with Crippen molar-refractivity contribution in [1.29, 1.82) is 0 Å². The van der Waals surface area contributed by atoms with Crippen LogP contribution in [-0.2, 0) is 4.74 Å². The van der Waals surface area contributed by atoms with Gasteiger partial charge in [-0.1, -0.05) is 40.5 Å². The van der Waals surface area contributed by atoms with Gasteiger partial charge in [-0.3, -0.25) is 0 Å². The van der Waals surface area contributed by atoms with Crippen LogP contribution in [0.25, 0.3) is 0 Å². The summed E-state index contributed by atoms with van der Waals surface area (Å²) in [6, 6.07) is 0. The Balaban J connectivity index is 3.72. The Morgan fingerprint density at radius 1 is 1.07 bits per heavy atom. The molecule has 0 bridgehead atoms. The van der Waals surface area contributed by atoms with Gasteiger partial charge in [-0.15, -0.1) is 0 Å². The molecule has 0 aliphatic heterocycles. The molecule has 92 valence electrons. The fraction of sp³-hybridized carbons (Fsp3) is 1.00. The summed E-state index contributed by atoms with van der Waals surface area (Å²) in [6.07, 6.45) is 5.02. The number of rotatable bonds is 9. The maximum absolute atomic E-state index is 9.33. The first kappa shape index (κ1) is 14.9. The smallest absolute Gasteiger partial charge is 0.154 e. The van der Waals surface area contributed by atoms with Crippen molar-refractivity contribution in [1.82, 2.24) is 0 Å². The summed E-state index contributed by atoms with van der Waals surface area (Å²) in [5, 5.41) is 9.33. The molecule has 0 saturated heterocycles. The van der Waals surface area contributed by atoms with E-state index in [1.54, 1.807) is 0 Å². The Labute approximate surface area is 95.0 Å².